The molecular weight excluding hydrogens is 350 g/mol. The summed E-state index contributed by atoms with van der Waals surface area (Å²) in [5.41, 5.74) is 1.96. The molecule has 23 heavy (non-hydrogen) atoms. The van der Waals surface area contributed by atoms with Gasteiger partial charge >= 0.3 is 0 Å². The summed E-state index contributed by atoms with van der Waals surface area (Å²) >= 11 is 9.82. The number of anilines is 1. The molecule has 3 rings (SSSR count). The molecule has 120 valence electrons. The van der Waals surface area contributed by atoms with Crippen molar-refractivity contribution in [2.75, 3.05) is 23.4 Å². The molecular formula is C17H16ClNO2S2. The summed E-state index contributed by atoms with van der Waals surface area (Å²) in [6.07, 6.45) is 0. The molecule has 1 aliphatic heterocycles. The Hall–Kier alpha value is -1.30. The zero-order chi connectivity index (χ0) is 16.1. The van der Waals surface area contributed by atoms with Crippen LogP contribution in [0.25, 0.3) is 0 Å². The lowest BCUT2D eigenvalue weighted by molar-refractivity contribution is -0.118. The summed E-state index contributed by atoms with van der Waals surface area (Å²) in [4.78, 5) is 11.9. The molecule has 0 aliphatic carbocycles. The maximum atomic E-state index is 11.9. The molecule has 1 amide bonds. The van der Waals surface area contributed by atoms with Crippen molar-refractivity contribution < 1.29 is 9.53 Å². The minimum atomic E-state index is -0.210. The van der Waals surface area contributed by atoms with Crippen LogP contribution in [0.3, 0.4) is 0 Å². The van der Waals surface area contributed by atoms with Crippen molar-refractivity contribution in [1.82, 2.24) is 0 Å². The Labute approximate surface area is 149 Å². The van der Waals surface area contributed by atoms with Crippen LogP contribution < -0.4 is 10.1 Å². The fraction of sp³-hybridized carbons (Fsp3) is 0.235. The van der Waals surface area contributed by atoms with Crippen LogP contribution in [0.15, 0.2) is 48.5 Å². The van der Waals surface area contributed by atoms with Gasteiger partial charge in [0.1, 0.15) is 5.75 Å². The Morgan fingerprint density at radius 1 is 1.17 bits per heavy atom. The summed E-state index contributed by atoms with van der Waals surface area (Å²) in [6, 6.07) is 15.0. The van der Waals surface area contributed by atoms with Crippen molar-refractivity contribution in [2.24, 2.45) is 0 Å². The van der Waals surface area contributed by atoms with E-state index in [1.807, 2.05) is 35.7 Å². The molecule has 1 fully saturated rings. The lowest BCUT2D eigenvalue weighted by atomic mass is 10.2. The predicted octanol–water partition coefficient (Wildman–Crippen LogP) is 4.84. The number of nitrogens with one attached hydrogen (secondary N) is 1. The first-order valence-corrected chi connectivity index (χ1v) is 9.70. The quantitative estimate of drug-likeness (QED) is 0.823. The fourth-order valence-corrected chi connectivity index (χ4v) is 5.23. The van der Waals surface area contributed by atoms with Gasteiger partial charge < -0.3 is 10.1 Å². The van der Waals surface area contributed by atoms with Crippen LogP contribution in [-0.2, 0) is 4.79 Å². The molecule has 3 nitrogen and oxygen atoms in total. The molecule has 0 bridgehead atoms. The molecule has 2 aromatic carbocycles. The lowest BCUT2D eigenvalue weighted by Gasteiger charge is -2.10. The number of benzene rings is 2. The molecule has 0 radical (unpaired) electrons. The van der Waals surface area contributed by atoms with Crippen molar-refractivity contribution in [3.05, 3.63) is 59.1 Å². The molecule has 0 atom stereocenters. The van der Waals surface area contributed by atoms with Gasteiger partial charge in [-0.2, -0.15) is 0 Å². The second-order valence-corrected chi connectivity index (χ2v) is 8.15. The number of carbonyl (C=O) groups excluding carboxylic acids is 1. The summed E-state index contributed by atoms with van der Waals surface area (Å²) in [5.74, 6) is 2.90. The number of halogens is 1. The first-order chi connectivity index (χ1) is 11.2. The lowest BCUT2D eigenvalue weighted by Crippen LogP contribution is -2.20. The van der Waals surface area contributed by atoms with E-state index in [9.17, 15) is 4.79 Å². The molecule has 1 heterocycles. The van der Waals surface area contributed by atoms with E-state index in [0.717, 1.165) is 0 Å². The molecule has 1 saturated heterocycles. The van der Waals surface area contributed by atoms with E-state index < -0.39 is 0 Å². The zero-order valence-electron chi connectivity index (χ0n) is 12.3. The van der Waals surface area contributed by atoms with E-state index in [2.05, 4.69) is 17.4 Å². The van der Waals surface area contributed by atoms with Gasteiger partial charge in [-0.1, -0.05) is 29.8 Å². The van der Waals surface area contributed by atoms with Crippen LogP contribution in [0.4, 0.5) is 5.69 Å². The maximum Gasteiger partial charge on any atom is 0.262 e. The smallest absolute Gasteiger partial charge is 0.262 e. The number of hydrogen-bond donors (Lipinski definition) is 1. The third-order valence-electron chi connectivity index (χ3n) is 3.25. The van der Waals surface area contributed by atoms with E-state index >= 15 is 0 Å². The van der Waals surface area contributed by atoms with Crippen molar-refractivity contribution in [2.45, 2.75) is 4.58 Å². The Kier molecular flexibility index (Phi) is 5.75. The summed E-state index contributed by atoms with van der Waals surface area (Å²) in [5, 5.41) is 3.34. The van der Waals surface area contributed by atoms with E-state index in [1.54, 1.807) is 24.3 Å². The van der Waals surface area contributed by atoms with E-state index in [4.69, 9.17) is 16.3 Å². The van der Waals surface area contributed by atoms with E-state index in [0.29, 0.717) is 21.0 Å². The van der Waals surface area contributed by atoms with Crippen LogP contribution in [0.5, 0.6) is 5.75 Å². The van der Waals surface area contributed by atoms with Gasteiger partial charge in [-0.25, -0.2) is 0 Å². The first kappa shape index (κ1) is 16.6. The molecule has 6 heteroatoms. The van der Waals surface area contributed by atoms with E-state index in [1.165, 1.54) is 17.1 Å². The van der Waals surface area contributed by atoms with Gasteiger partial charge in [-0.3, -0.25) is 4.79 Å². The summed E-state index contributed by atoms with van der Waals surface area (Å²) in [7, 11) is 0. The van der Waals surface area contributed by atoms with Crippen LogP contribution in [0, 0.1) is 0 Å². The Morgan fingerprint density at radius 2 is 1.91 bits per heavy atom. The number of carbonyl (C=O) groups is 1. The minimum Gasteiger partial charge on any atom is -0.484 e. The highest BCUT2D eigenvalue weighted by Crippen LogP contribution is 2.45. The fourth-order valence-electron chi connectivity index (χ4n) is 2.18. The number of rotatable bonds is 5. The minimum absolute atomic E-state index is 0.0290. The van der Waals surface area contributed by atoms with Crippen LogP contribution in [-0.4, -0.2) is 24.0 Å². The molecule has 0 spiro atoms. The SMILES string of the molecule is O=C(COc1ccc(C2SCCS2)cc1)Nc1cccc(Cl)c1. The highest BCUT2D eigenvalue weighted by molar-refractivity contribution is 8.19. The third kappa shape index (κ3) is 4.83. The molecule has 2 aromatic rings. The highest BCUT2D eigenvalue weighted by atomic mass is 35.5. The average Bonchev–Trinajstić information content (AvgIpc) is 3.08. The molecule has 0 unspecified atom stereocenters. The van der Waals surface area contributed by atoms with Gasteiger partial charge in [0.25, 0.3) is 5.91 Å². The zero-order valence-corrected chi connectivity index (χ0v) is 14.7. The van der Waals surface area contributed by atoms with Gasteiger partial charge in [0.05, 0.1) is 4.58 Å². The largest absolute Gasteiger partial charge is 0.484 e. The predicted molar refractivity (Wildman–Crippen MR) is 99.7 cm³/mol. The number of ether oxygens (including phenoxy) is 1. The standard InChI is InChI=1S/C17H16ClNO2S2/c18-13-2-1-3-14(10-13)19-16(20)11-21-15-6-4-12(5-7-15)17-22-8-9-23-17/h1-7,10,17H,8-9,11H2,(H,19,20). The topological polar surface area (TPSA) is 38.3 Å². The van der Waals surface area contributed by atoms with Crippen molar-refractivity contribution in [3.8, 4) is 5.75 Å². The molecule has 1 aliphatic rings. The first-order valence-electron chi connectivity index (χ1n) is 7.22. The maximum absolute atomic E-state index is 11.9. The Bertz CT molecular complexity index is 673. The van der Waals surface area contributed by atoms with Gasteiger partial charge in [-0.05, 0) is 35.9 Å². The van der Waals surface area contributed by atoms with Gasteiger partial charge in [-0.15, -0.1) is 23.5 Å². The summed E-state index contributed by atoms with van der Waals surface area (Å²) < 4.78 is 6.05. The number of hydrogen-bond acceptors (Lipinski definition) is 4. The van der Waals surface area contributed by atoms with Gasteiger partial charge in [0.15, 0.2) is 6.61 Å². The third-order valence-corrected chi connectivity index (χ3v) is 6.59. The summed E-state index contributed by atoms with van der Waals surface area (Å²) in [6.45, 7) is -0.0290. The van der Waals surface area contributed by atoms with Crippen molar-refractivity contribution >= 4 is 46.7 Å². The van der Waals surface area contributed by atoms with Crippen LogP contribution in [0.1, 0.15) is 10.1 Å². The van der Waals surface area contributed by atoms with Crippen molar-refractivity contribution in [1.29, 1.82) is 0 Å². The number of amides is 1. The van der Waals surface area contributed by atoms with Crippen molar-refractivity contribution in [3.63, 3.8) is 0 Å². The average molecular weight is 366 g/mol. The second kappa shape index (κ2) is 7.99. The van der Waals surface area contributed by atoms with Crippen LogP contribution in [0.2, 0.25) is 5.02 Å². The Balaban J connectivity index is 1.50. The van der Waals surface area contributed by atoms with Gasteiger partial charge in [0.2, 0.25) is 0 Å². The molecule has 0 aromatic heterocycles. The Morgan fingerprint density at radius 3 is 2.61 bits per heavy atom. The normalized spacial score (nSPS) is 14.7. The van der Waals surface area contributed by atoms with Gasteiger partial charge in [0, 0.05) is 22.2 Å². The second-order valence-electron chi connectivity index (χ2n) is 4.99. The highest BCUT2D eigenvalue weighted by Gasteiger charge is 2.17. The number of thioether (sulfide) groups is 2. The monoisotopic (exact) mass is 365 g/mol. The van der Waals surface area contributed by atoms with E-state index in [-0.39, 0.29) is 12.5 Å². The molecule has 1 N–H and O–H groups in total. The molecule has 0 saturated carbocycles. The van der Waals surface area contributed by atoms with Crippen LogP contribution >= 0.6 is 35.1 Å².